The average Bonchev–Trinajstić information content (AvgIpc) is 3.92. The minimum Gasteiger partial charge on any atom is -0.370 e. The van der Waals surface area contributed by atoms with Gasteiger partial charge in [-0.1, -0.05) is 66.7 Å². The highest BCUT2D eigenvalue weighted by Gasteiger charge is 2.34. The van der Waals surface area contributed by atoms with Gasteiger partial charge in [-0.2, -0.15) is 0 Å². The average molecular weight is 950 g/mol. The van der Waals surface area contributed by atoms with Gasteiger partial charge >= 0.3 is 0 Å². The summed E-state index contributed by atoms with van der Waals surface area (Å²) in [5.74, 6) is -6.07. The minimum absolute atomic E-state index is 0.0207. The Labute approximate surface area is 396 Å². The van der Waals surface area contributed by atoms with E-state index >= 15 is 0 Å². The molecular formula is C46H71N13O9. The van der Waals surface area contributed by atoms with Crippen molar-refractivity contribution in [2.24, 2.45) is 34.5 Å². The van der Waals surface area contributed by atoms with Gasteiger partial charge in [0.2, 0.25) is 53.2 Å². The molecule has 22 nitrogen and oxygen atoms in total. The third-order valence-electron chi connectivity index (χ3n) is 11.0. The first kappa shape index (κ1) is 55.5. The summed E-state index contributed by atoms with van der Waals surface area (Å²) in [6.07, 6.45) is 4.50. The molecule has 1 aromatic carbocycles. The lowest BCUT2D eigenvalue weighted by atomic mass is 9.86. The lowest BCUT2D eigenvalue weighted by Crippen LogP contribution is -2.58. The Hall–Kier alpha value is -6.84. The van der Waals surface area contributed by atoms with Crippen molar-refractivity contribution >= 4 is 64.1 Å². The van der Waals surface area contributed by atoms with Crippen molar-refractivity contribution in [3.63, 3.8) is 0 Å². The van der Waals surface area contributed by atoms with Crippen LogP contribution < -0.4 is 54.4 Å². The van der Waals surface area contributed by atoms with Gasteiger partial charge in [-0.25, -0.2) is 4.98 Å². The van der Waals surface area contributed by atoms with Crippen LogP contribution >= 0.6 is 0 Å². The molecule has 374 valence electrons. The van der Waals surface area contributed by atoms with Gasteiger partial charge < -0.3 is 64.4 Å². The summed E-state index contributed by atoms with van der Waals surface area (Å²) in [6, 6.07) is 0.0415. The number of amides is 9. The van der Waals surface area contributed by atoms with E-state index in [4.69, 9.17) is 17.2 Å². The van der Waals surface area contributed by atoms with Gasteiger partial charge in [0.1, 0.15) is 30.2 Å². The molecule has 0 fully saturated rings. The van der Waals surface area contributed by atoms with Crippen molar-refractivity contribution in [3.8, 4) is 0 Å². The van der Waals surface area contributed by atoms with Gasteiger partial charge in [0, 0.05) is 73.7 Å². The Kier molecular flexibility index (Phi) is 21.1. The van der Waals surface area contributed by atoms with Crippen molar-refractivity contribution in [3.05, 3.63) is 54.2 Å². The van der Waals surface area contributed by atoms with E-state index in [-0.39, 0.29) is 51.0 Å². The largest absolute Gasteiger partial charge is 0.370 e. The number of imidazole rings is 1. The summed E-state index contributed by atoms with van der Waals surface area (Å²) in [4.78, 5) is 127. The van der Waals surface area contributed by atoms with Crippen LogP contribution in [0.15, 0.2) is 43.0 Å². The third kappa shape index (κ3) is 18.1. The van der Waals surface area contributed by atoms with E-state index in [2.05, 4.69) is 52.2 Å². The molecule has 9 amide bonds. The first-order valence-corrected chi connectivity index (χ1v) is 22.8. The second-order valence-corrected chi connectivity index (χ2v) is 18.9. The molecule has 0 aliphatic carbocycles. The van der Waals surface area contributed by atoms with Crippen LogP contribution in [0.1, 0.15) is 98.8 Å². The number of nitrogens with one attached hydrogen (secondary N) is 9. The Balaban J connectivity index is 1.64. The maximum absolute atomic E-state index is 13.8. The first-order valence-electron chi connectivity index (χ1n) is 22.8. The van der Waals surface area contributed by atoms with E-state index in [1.807, 2.05) is 38.1 Å². The predicted molar refractivity (Wildman–Crippen MR) is 253 cm³/mol. The van der Waals surface area contributed by atoms with Gasteiger partial charge in [0.05, 0.1) is 12.4 Å². The van der Waals surface area contributed by atoms with Crippen molar-refractivity contribution in [1.82, 2.24) is 52.2 Å². The van der Waals surface area contributed by atoms with E-state index in [1.165, 1.54) is 19.4 Å². The molecule has 1 unspecified atom stereocenters. The van der Waals surface area contributed by atoms with E-state index in [9.17, 15) is 43.2 Å². The number of carbonyl (C=O) groups excluding carboxylic acids is 9. The van der Waals surface area contributed by atoms with Gasteiger partial charge in [0.15, 0.2) is 0 Å². The Morgan fingerprint density at radius 3 is 1.99 bits per heavy atom. The first-order chi connectivity index (χ1) is 31.9. The molecule has 2 heterocycles. The SMILES string of the molecule is CC(C)C[C@@H](CC(=O)NC(C(N)=O)C(C)(C)C)NC(=O)[C@H](Cc1cnc[nH]1)NC(=O)CCNC(=O)[C@@H](NC(=O)[C@H](C)NC(=O)[C@H](Cc1c[nH]c2ccccc12)NC(=O)[C@@H](N)CCC(N)=O)C(C)C. The predicted octanol–water partition coefficient (Wildman–Crippen LogP) is -0.672. The van der Waals surface area contributed by atoms with Gasteiger partial charge in [-0.15, -0.1) is 0 Å². The Morgan fingerprint density at radius 1 is 0.721 bits per heavy atom. The quantitative estimate of drug-likeness (QED) is 0.0455. The van der Waals surface area contributed by atoms with E-state index in [0.717, 1.165) is 10.9 Å². The molecule has 0 radical (unpaired) electrons. The molecule has 0 aliphatic heterocycles. The Bertz CT molecular complexity index is 2220. The lowest BCUT2D eigenvalue weighted by Gasteiger charge is -2.30. The van der Waals surface area contributed by atoms with Crippen molar-refractivity contribution < 1.29 is 43.2 Å². The number of hydrogen-bond acceptors (Lipinski definition) is 11. The summed E-state index contributed by atoms with van der Waals surface area (Å²) >= 11 is 0. The molecule has 7 atom stereocenters. The highest BCUT2D eigenvalue weighted by atomic mass is 16.2. The highest BCUT2D eigenvalue weighted by Crippen LogP contribution is 2.21. The second-order valence-electron chi connectivity index (χ2n) is 18.9. The molecule has 0 aliphatic rings. The fourth-order valence-corrected chi connectivity index (χ4v) is 7.35. The molecule has 0 bridgehead atoms. The number of rotatable bonds is 27. The maximum atomic E-state index is 13.8. The number of hydrogen-bond donors (Lipinski definition) is 12. The zero-order valence-corrected chi connectivity index (χ0v) is 40.2. The minimum atomic E-state index is -1.19. The number of primary amides is 2. The van der Waals surface area contributed by atoms with E-state index in [0.29, 0.717) is 17.7 Å². The number of para-hydroxylation sites is 1. The van der Waals surface area contributed by atoms with Gasteiger partial charge in [-0.3, -0.25) is 43.2 Å². The lowest BCUT2D eigenvalue weighted by molar-refractivity contribution is -0.134. The summed E-state index contributed by atoms with van der Waals surface area (Å²) in [7, 11) is 0. The van der Waals surface area contributed by atoms with Crippen LogP contribution in [-0.4, -0.2) is 117 Å². The third-order valence-corrected chi connectivity index (χ3v) is 11.0. The van der Waals surface area contributed by atoms with Crippen LogP contribution in [0.3, 0.4) is 0 Å². The fraction of sp³-hybridized carbons (Fsp3) is 0.565. The molecular weight excluding hydrogens is 879 g/mol. The zero-order chi connectivity index (χ0) is 50.9. The molecule has 68 heavy (non-hydrogen) atoms. The van der Waals surface area contributed by atoms with Crippen molar-refractivity contribution in [2.45, 2.75) is 143 Å². The monoisotopic (exact) mass is 950 g/mol. The maximum Gasteiger partial charge on any atom is 0.243 e. The summed E-state index contributed by atoms with van der Waals surface area (Å²) < 4.78 is 0. The van der Waals surface area contributed by atoms with Crippen LogP contribution in [0, 0.1) is 17.3 Å². The van der Waals surface area contributed by atoms with Crippen LogP contribution in [0.5, 0.6) is 0 Å². The number of H-pyrrole nitrogens is 2. The highest BCUT2D eigenvalue weighted by molar-refractivity contribution is 5.96. The molecule has 0 saturated carbocycles. The fourth-order valence-electron chi connectivity index (χ4n) is 7.35. The normalized spacial score (nSPS) is 14.6. The van der Waals surface area contributed by atoms with Crippen LogP contribution in [0.4, 0.5) is 0 Å². The van der Waals surface area contributed by atoms with E-state index < -0.39 is 107 Å². The summed E-state index contributed by atoms with van der Waals surface area (Å²) in [5, 5.41) is 19.7. The molecule has 3 rings (SSSR count). The van der Waals surface area contributed by atoms with Crippen molar-refractivity contribution in [2.75, 3.05) is 6.54 Å². The summed E-state index contributed by atoms with van der Waals surface area (Å²) in [5.41, 5.74) is 18.2. The second kappa shape index (κ2) is 25.9. The number of fused-ring (bicyclic) bond motifs is 1. The number of benzene rings is 1. The van der Waals surface area contributed by atoms with Gasteiger partial charge in [0.25, 0.3) is 0 Å². The molecule has 3 aromatic rings. The molecule has 0 spiro atoms. The van der Waals surface area contributed by atoms with E-state index in [1.54, 1.807) is 40.8 Å². The van der Waals surface area contributed by atoms with Crippen LogP contribution in [0.2, 0.25) is 0 Å². The topological polar surface area (TPSA) is 360 Å². The molecule has 2 aromatic heterocycles. The Morgan fingerprint density at radius 2 is 1.38 bits per heavy atom. The molecule has 22 heteroatoms. The van der Waals surface area contributed by atoms with Crippen LogP contribution in [-0.2, 0) is 56.0 Å². The van der Waals surface area contributed by atoms with Crippen LogP contribution in [0.25, 0.3) is 10.9 Å². The zero-order valence-electron chi connectivity index (χ0n) is 40.2. The van der Waals surface area contributed by atoms with Crippen molar-refractivity contribution in [1.29, 1.82) is 0 Å². The molecule has 15 N–H and O–H groups in total. The standard InChI is InChI=1S/C46H71N13O9/c1-24(2)17-28(20-37(62)58-39(40(49)63)46(6,7)8)55-44(67)34(19-29-22-50-23-53-29)56-36(61)15-16-51-45(68)38(25(3)4)59-41(64)26(5)54-43(66)33(57-42(65)31(47)13-14-35(48)60)18-27-21-52-32-12-10-9-11-30(27)32/h9-12,21-26,28,31,33-34,38-39,52H,13-20,47H2,1-8H3,(H2,48,60)(H2,49,63)(H,50,53)(H,51,68)(H,54,66)(H,55,67)(H,56,61)(H,57,65)(H,58,62)(H,59,64)/t26-,28-,31-,33-,34-,38-,39?/m0/s1. The number of carbonyl (C=O) groups is 9. The number of aromatic nitrogens is 3. The number of nitrogens with two attached hydrogens (primary N) is 3. The molecule has 0 saturated heterocycles. The summed E-state index contributed by atoms with van der Waals surface area (Å²) in [6.45, 7) is 13.8. The van der Waals surface area contributed by atoms with Gasteiger partial charge in [-0.05, 0) is 48.6 Å². The number of nitrogens with zero attached hydrogens (tertiary/aromatic N) is 1. The smallest absolute Gasteiger partial charge is 0.243 e. The number of aromatic amines is 2.